The Hall–Kier alpha value is -1.60. The highest BCUT2D eigenvalue weighted by Crippen LogP contribution is 2.23. The molecule has 2 aromatic rings. The Bertz CT molecular complexity index is 455. The zero-order chi connectivity index (χ0) is 9.10. The number of fused-ring (bicyclic) bond motifs is 1. The van der Waals surface area contributed by atoms with Gasteiger partial charge in [0.15, 0.2) is 0 Å². The first-order valence-electron chi connectivity index (χ1n) is 3.77. The fraction of sp³-hybridized carbons (Fsp3) is 0.111. The molecule has 0 saturated carbocycles. The first kappa shape index (κ1) is 8.02. The fourth-order valence-electron chi connectivity index (χ4n) is 1.07. The van der Waals surface area contributed by atoms with Gasteiger partial charge in [-0.2, -0.15) is 0 Å². The van der Waals surface area contributed by atoms with Crippen molar-refractivity contribution < 1.29 is 0 Å². The maximum Gasteiger partial charge on any atom is 0.138 e. The summed E-state index contributed by atoms with van der Waals surface area (Å²) >= 11 is 1.59. The number of nitrogens with one attached hydrogen (secondary N) is 1. The Morgan fingerprint density at radius 2 is 2.46 bits per heavy atom. The van der Waals surface area contributed by atoms with Gasteiger partial charge >= 0.3 is 0 Å². The molecule has 2 heterocycles. The zero-order valence-electron chi connectivity index (χ0n) is 6.82. The van der Waals surface area contributed by atoms with Crippen LogP contribution in [0.15, 0.2) is 17.8 Å². The van der Waals surface area contributed by atoms with Crippen LogP contribution < -0.4 is 5.32 Å². The highest BCUT2D eigenvalue weighted by molar-refractivity contribution is 7.16. The maximum atomic E-state index is 5.14. The summed E-state index contributed by atoms with van der Waals surface area (Å²) in [7, 11) is 0. The summed E-state index contributed by atoms with van der Waals surface area (Å²) in [6.45, 7) is 0.488. The topological polar surface area (TPSA) is 37.8 Å². The molecule has 0 spiro atoms. The number of aromatic nitrogens is 2. The molecule has 0 fully saturated rings. The van der Waals surface area contributed by atoms with Gasteiger partial charge in [0.25, 0.3) is 0 Å². The maximum absolute atomic E-state index is 5.14. The van der Waals surface area contributed by atoms with Crippen molar-refractivity contribution in [2.24, 2.45) is 0 Å². The van der Waals surface area contributed by atoms with Crippen LogP contribution in [0.4, 0.5) is 5.82 Å². The van der Waals surface area contributed by atoms with Crippen LogP contribution in [0.2, 0.25) is 0 Å². The smallest absolute Gasteiger partial charge is 0.138 e. The first-order valence-corrected chi connectivity index (χ1v) is 4.65. The molecule has 0 aliphatic heterocycles. The van der Waals surface area contributed by atoms with Crippen LogP contribution in [-0.4, -0.2) is 16.5 Å². The Labute approximate surface area is 79.8 Å². The number of rotatable bonds is 2. The molecule has 2 rings (SSSR count). The highest BCUT2D eigenvalue weighted by atomic mass is 32.1. The van der Waals surface area contributed by atoms with E-state index in [-0.39, 0.29) is 0 Å². The first-order chi connectivity index (χ1) is 6.42. The Balaban J connectivity index is 2.44. The lowest BCUT2D eigenvalue weighted by Crippen LogP contribution is -2.00. The molecular formula is C9H7N3S. The lowest BCUT2D eigenvalue weighted by Gasteiger charge is -2.00. The Morgan fingerprint density at radius 1 is 1.54 bits per heavy atom. The number of hydrogen-bond donors (Lipinski definition) is 1. The van der Waals surface area contributed by atoms with Gasteiger partial charge in [0, 0.05) is 0 Å². The minimum atomic E-state index is 0.488. The van der Waals surface area contributed by atoms with E-state index in [2.05, 4.69) is 21.2 Å². The van der Waals surface area contributed by atoms with Gasteiger partial charge in [-0.3, -0.25) is 0 Å². The van der Waals surface area contributed by atoms with E-state index in [0.29, 0.717) is 6.54 Å². The van der Waals surface area contributed by atoms with Crippen LogP contribution in [-0.2, 0) is 0 Å². The van der Waals surface area contributed by atoms with E-state index in [1.54, 1.807) is 11.3 Å². The number of anilines is 1. The van der Waals surface area contributed by atoms with Crippen molar-refractivity contribution in [1.82, 2.24) is 9.97 Å². The number of thiophene rings is 1. The molecule has 0 amide bonds. The monoisotopic (exact) mass is 189 g/mol. The van der Waals surface area contributed by atoms with Gasteiger partial charge in [0.05, 0.1) is 11.9 Å². The summed E-state index contributed by atoms with van der Waals surface area (Å²) in [6, 6.07) is 1.98. The van der Waals surface area contributed by atoms with E-state index in [9.17, 15) is 0 Å². The van der Waals surface area contributed by atoms with Crippen molar-refractivity contribution in [3.8, 4) is 12.3 Å². The van der Waals surface area contributed by atoms with Gasteiger partial charge in [-0.05, 0) is 11.4 Å². The fourth-order valence-corrected chi connectivity index (χ4v) is 1.80. The molecule has 0 aliphatic rings. The third-order valence-corrected chi connectivity index (χ3v) is 2.44. The third kappa shape index (κ3) is 1.46. The van der Waals surface area contributed by atoms with Crippen LogP contribution in [0.1, 0.15) is 0 Å². The molecule has 4 heteroatoms. The predicted octanol–water partition coefficient (Wildman–Crippen LogP) is 1.74. The second-order valence-corrected chi connectivity index (χ2v) is 3.31. The van der Waals surface area contributed by atoms with Crippen LogP contribution in [0.3, 0.4) is 0 Å². The lowest BCUT2D eigenvalue weighted by molar-refractivity contribution is 1.20. The van der Waals surface area contributed by atoms with Crippen molar-refractivity contribution in [2.45, 2.75) is 0 Å². The van der Waals surface area contributed by atoms with Crippen molar-refractivity contribution in [2.75, 3.05) is 11.9 Å². The molecule has 0 radical (unpaired) electrons. The Kier molecular flexibility index (Phi) is 2.11. The quantitative estimate of drug-likeness (QED) is 0.731. The van der Waals surface area contributed by atoms with Crippen molar-refractivity contribution in [1.29, 1.82) is 0 Å². The van der Waals surface area contributed by atoms with Crippen LogP contribution in [0.5, 0.6) is 0 Å². The molecule has 13 heavy (non-hydrogen) atoms. The van der Waals surface area contributed by atoms with Crippen molar-refractivity contribution in [3.63, 3.8) is 0 Å². The van der Waals surface area contributed by atoms with E-state index < -0.39 is 0 Å². The summed E-state index contributed by atoms with van der Waals surface area (Å²) < 4.78 is 0. The summed E-state index contributed by atoms with van der Waals surface area (Å²) in [5.74, 6) is 3.31. The van der Waals surface area contributed by atoms with Crippen molar-refractivity contribution in [3.05, 3.63) is 17.8 Å². The van der Waals surface area contributed by atoms with Crippen molar-refractivity contribution >= 4 is 27.4 Å². The minimum Gasteiger partial charge on any atom is -0.359 e. The van der Waals surface area contributed by atoms with Gasteiger partial charge in [0.2, 0.25) is 0 Å². The molecule has 2 aromatic heterocycles. The molecule has 64 valence electrons. The number of terminal acetylenes is 1. The molecule has 0 atom stereocenters. The van der Waals surface area contributed by atoms with Gasteiger partial charge in [-0.25, -0.2) is 9.97 Å². The molecular weight excluding hydrogens is 182 g/mol. The van der Waals surface area contributed by atoms with Crippen LogP contribution in [0.25, 0.3) is 10.2 Å². The molecule has 0 aliphatic carbocycles. The lowest BCUT2D eigenvalue weighted by atomic mass is 10.4. The summed E-state index contributed by atoms with van der Waals surface area (Å²) in [5, 5.41) is 6.06. The van der Waals surface area contributed by atoms with Crippen LogP contribution >= 0.6 is 11.3 Å². The van der Waals surface area contributed by atoms with Gasteiger partial charge in [-0.15, -0.1) is 17.8 Å². The third-order valence-electron chi connectivity index (χ3n) is 1.62. The largest absolute Gasteiger partial charge is 0.359 e. The van der Waals surface area contributed by atoms with Crippen LogP contribution in [0, 0.1) is 12.3 Å². The molecule has 0 bridgehead atoms. The van der Waals surface area contributed by atoms with E-state index >= 15 is 0 Å². The van der Waals surface area contributed by atoms with E-state index in [1.807, 2.05) is 11.4 Å². The SMILES string of the molecule is C#CCNc1ncnc2sccc12. The second-order valence-electron chi connectivity index (χ2n) is 2.42. The zero-order valence-corrected chi connectivity index (χ0v) is 7.64. The molecule has 3 nitrogen and oxygen atoms in total. The predicted molar refractivity (Wildman–Crippen MR) is 54.7 cm³/mol. The normalized spacial score (nSPS) is 9.77. The number of nitrogens with zero attached hydrogens (tertiary/aromatic N) is 2. The second kappa shape index (κ2) is 3.42. The minimum absolute atomic E-state index is 0.488. The summed E-state index contributed by atoms with van der Waals surface area (Å²) in [6.07, 6.45) is 6.68. The molecule has 1 N–H and O–H groups in total. The average molecular weight is 189 g/mol. The number of hydrogen-bond acceptors (Lipinski definition) is 4. The summed E-state index contributed by atoms with van der Waals surface area (Å²) in [4.78, 5) is 9.21. The van der Waals surface area contributed by atoms with Gasteiger partial charge in [-0.1, -0.05) is 5.92 Å². The van der Waals surface area contributed by atoms with E-state index in [1.165, 1.54) is 6.33 Å². The molecule has 0 aromatic carbocycles. The highest BCUT2D eigenvalue weighted by Gasteiger charge is 2.02. The average Bonchev–Trinajstić information content (AvgIpc) is 2.62. The molecule has 0 saturated heterocycles. The van der Waals surface area contributed by atoms with E-state index in [4.69, 9.17) is 6.42 Å². The van der Waals surface area contributed by atoms with Gasteiger partial charge in [0.1, 0.15) is 17.0 Å². The Morgan fingerprint density at radius 3 is 3.31 bits per heavy atom. The van der Waals surface area contributed by atoms with Gasteiger partial charge < -0.3 is 5.32 Å². The molecule has 0 unspecified atom stereocenters. The summed E-state index contributed by atoms with van der Waals surface area (Å²) in [5.41, 5.74) is 0. The van der Waals surface area contributed by atoms with E-state index in [0.717, 1.165) is 16.0 Å². The standard InChI is InChI=1S/C9H7N3S/c1-2-4-10-8-7-3-5-13-9(7)12-6-11-8/h1,3,5-6H,4H2,(H,10,11,12).